The predicted molar refractivity (Wildman–Crippen MR) is 72.9 cm³/mol. The monoisotopic (exact) mass is 264 g/mol. The van der Waals surface area contributed by atoms with Gasteiger partial charge in [0.15, 0.2) is 5.78 Å². The molecule has 1 heterocycles. The van der Waals surface area contributed by atoms with Crippen LogP contribution in [0.25, 0.3) is 0 Å². The third-order valence-corrected chi connectivity index (χ3v) is 3.45. The van der Waals surface area contributed by atoms with E-state index in [1.165, 1.54) is 26.2 Å². The summed E-state index contributed by atoms with van der Waals surface area (Å²) in [5.74, 6) is 0.630. The smallest absolute Gasteiger partial charge is 0.231 e. The molecule has 0 saturated heterocycles. The fourth-order valence-electron chi connectivity index (χ4n) is 2.46. The molecule has 19 heavy (non-hydrogen) atoms. The average Bonchev–Trinajstić information content (AvgIpc) is 2.36. The Morgan fingerprint density at radius 3 is 2.58 bits per heavy atom. The first-order valence-electron chi connectivity index (χ1n) is 6.64. The molecule has 1 aromatic rings. The van der Waals surface area contributed by atoms with Crippen molar-refractivity contribution in [3.05, 3.63) is 5.56 Å². The lowest BCUT2D eigenvalue weighted by Crippen LogP contribution is -2.18. The Balaban J connectivity index is 2.12. The average molecular weight is 264 g/mol. The van der Waals surface area contributed by atoms with Crippen LogP contribution >= 0.6 is 0 Å². The minimum atomic E-state index is -0.212. The molecular formula is C13H20N4O2. The Hall–Kier alpha value is -1.85. The van der Waals surface area contributed by atoms with Gasteiger partial charge in [-0.3, -0.25) is 4.79 Å². The normalized spacial score (nSPS) is 16.3. The highest BCUT2D eigenvalue weighted by molar-refractivity contribution is 6.00. The topological polar surface area (TPSA) is 104 Å². The molecule has 0 amide bonds. The van der Waals surface area contributed by atoms with Gasteiger partial charge in [0.1, 0.15) is 11.4 Å². The first kappa shape index (κ1) is 13.6. The van der Waals surface area contributed by atoms with Crippen molar-refractivity contribution in [3.8, 4) is 5.88 Å². The van der Waals surface area contributed by atoms with Crippen LogP contribution in [0, 0.1) is 5.92 Å². The predicted octanol–water partition coefficient (Wildman–Crippen LogP) is 1.80. The summed E-state index contributed by atoms with van der Waals surface area (Å²) < 4.78 is 5.67. The summed E-state index contributed by atoms with van der Waals surface area (Å²) in [6.45, 7) is 1.97. The maximum Gasteiger partial charge on any atom is 0.231 e. The Morgan fingerprint density at radius 1 is 1.26 bits per heavy atom. The SMILES string of the molecule is CC(=O)c1c(N)nc(N)nc1OCC1CCCCC1. The summed E-state index contributed by atoms with van der Waals surface area (Å²) in [7, 11) is 0. The lowest BCUT2D eigenvalue weighted by atomic mass is 9.90. The largest absolute Gasteiger partial charge is 0.477 e. The van der Waals surface area contributed by atoms with E-state index in [1.54, 1.807) is 0 Å². The number of ketones is 1. The van der Waals surface area contributed by atoms with Gasteiger partial charge in [0.25, 0.3) is 0 Å². The van der Waals surface area contributed by atoms with E-state index in [4.69, 9.17) is 16.2 Å². The van der Waals surface area contributed by atoms with Gasteiger partial charge in [-0.1, -0.05) is 19.3 Å². The second kappa shape index (κ2) is 5.86. The number of ether oxygens (including phenoxy) is 1. The summed E-state index contributed by atoms with van der Waals surface area (Å²) in [6.07, 6.45) is 6.09. The number of hydrogen-bond donors (Lipinski definition) is 2. The molecular weight excluding hydrogens is 244 g/mol. The molecule has 0 aliphatic heterocycles. The maximum absolute atomic E-state index is 11.6. The molecule has 0 spiro atoms. The number of nitrogens with two attached hydrogens (primary N) is 2. The van der Waals surface area contributed by atoms with E-state index in [0.29, 0.717) is 12.5 Å². The fraction of sp³-hybridized carbons (Fsp3) is 0.615. The van der Waals surface area contributed by atoms with Crippen molar-refractivity contribution in [1.82, 2.24) is 9.97 Å². The molecule has 0 atom stereocenters. The maximum atomic E-state index is 11.6. The molecule has 0 unspecified atom stereocenters. The van der Waals surface area contributed by atoms with Gasteiger partial charge in [-0.15, -0.1) is 0 Å². The van der Waals surface area contributed by atoms with Crippen LogP contribution < -0.4 is 16.2 Å². The molecule has 2 rings (SSSR count). The zero-order valence-corrected chi connectivity index (χ0v) is 11.2. The highest BCUT2D eigenvalue weighted by Crippen LogP contribution is 2.27. The molecule has 1 aromatic heterocycles. The Labute approximate surface area is 112 Å². The summed E-state index contributed by atoms with van der Waals surface area (Å²) in [5.41, 5.74) is 11.5. The van der Waals surface area contributed by atoms with E-state index in [9.17, 15) is 4.79 Å². The van der Waals surface area contributed by atoms with Gasteiger partial charge in [-0.2, -0.15) is 9.97 Å². The minimum Gasteiger partial charge on any atom is -0.477 e. The molecule has 6 heteroatoms. The second-order valence-electron chi connectivity index (χ2n) is 5.02. The number of carbonyl (C=O) groups excluding carboxylic acids is 1. The zero-order valence-electron chi connectivity index (χ0n) is 11.2. The van der Waals surface area contributed by atoms with Crippen LogP contribution in [0.15, 0.2) is 0 Å². The molecule has 1 saturated carbocycles. The van der Waals surface area contributed by atoms with Gasteiger partial charge in [0.2, 0.25) is 11.8 Å². The molecule has 0 aromatic carbocycles. The van der Waals surface area contributed by atoms with Gasteiger partial charge >= 0.3 is 0 Å². The second-order valence-corrected chi connectivity index (χ2v) is 5.02. The molecule has 0 bridgehead atoms. The number of Topliss-reactive ketones (excluding diaryl/α,β-unsaturated/α-hetero) is 1. The van der Waals surface area contributed by atoms with Crippen molar-refractivity contribution in [2.24, 2.45) is 5.92 Å². The zero-order chi connectivity index (χ0) is 13.8. The van der Waals surface area contributed by atoms with Crippen molar-refractivity contribution in [1.29, 1.82) is 0 Å². The number of carbonyl (C=O) groups is 1. The fourth-order valence-corrected chi connectivity index (χ4v) is 2.46. The van der Waals surface area contributed by atoms with Crippen molar-refractivity contribution < 1.29 is 9.53 Å². The number of rotatable bonds is 4. The standard InChI is InChI=1S/C13H20N4O2/c1-8(18)10-11(14)16-13(15)17-12(10)19-7-9-5-3-2-4-6-9/h9H,2-7H2,1H3,(H4,14,15,16,17). The molecule has 0 radical (unpaired) electrons. The lowest BCUT2D eigenvalue weighted by Gasteiger charge is -2.22. The van der Waals surface area contributed by atoms with Crippen molar-refractivity contribution in [2.75, 3.05) is 18.1 Å². The van der Waals surface area contributed by atoms with Crippen LogP contribution in [-0.4, -0.2) is 22.4 Å². The van der Waals surface area contributed by atoms with E-state index in [2.05, 4.69) is 9.97 Å². The Morgan fingerprint density at radius 2 is 1.95 bits per heavy atom. The molecule has 4 N–H and O–H groups in total. The van der Waals surface area contributed by atoms with E-state index in [0.717, 1.165) is 12.8 Å². The van der Waals surface area contributed by atoms with Crippen LogP contribution in [0.4, 0.5) is 11.8 Å². The van der Waals surface area contributed by atoms with Crippen LogP contribution in [-0.2, 0) is 0 Å². The Kier molecular flexibility index (Phi) is 4.19. The summed E-state index contributed by atoms with van der Waals surface area (Å²) >= 11 is 0. The first-order chi connectivity index (χ1) is 9.08. The van der Waals surface area contributed by atoms with Gasteiger partial charge in [0.05, 0.1) is 6.61 Å². The van der Waals surface area contributed by atoms with Crippen LogP contribution in [0.5, 0.6) is 5.88 Å². The number of nitrogens with zero attached hydrogens (tertiary/aromatic N) is 2. The van der Waals surface area contributed by atoms with Crippen molar-refractivity contribution in [3.63, 3.8) is 0 Å². The highest BCUT2D eigenvalue weighted by atomic mass is 16.5. The van der Waals surface area contributed by atoms with Crippen LogP contribution in [0.1, 0.15) is 49.4 Å². The number of nitrogen functional groups attached to an aromatic ring is 2. The molecule has 1 aliphatic carbocycles. The molecule has 104 valence electrons. The van der Waals surface area contributed by atoms with Gasteiger partial charge < -0.3 is 16.2 Å². The number of hydrogen-bond acceptors (Lipinski definition) is 6. The van der Waals surface area contributed by atoms with E-state index in [1.807, 2.05) is 0 Å². The van der Waals surface area contributed by atoms with Gasteiger partial charge in [-0.05, 0) is 25.7 Å². The quantitative estimate of drug-likeness (QED) is 0.803. The molecule has 1 aliphatic rings. The van der Waals surface area contributed by atoms with E-state index >= 15 is 0 Å². The third-order valence-electron chi connectivity index (χ3n) is 3.45. The highest BCUT2D eigenvalue weighted by Gasteiger charge is 2.19. The Bertz CT molecular complexity index is 470. The molecule has 1 fully saturated rings. The van der Waals surface area contributed by atoms with Crippen molar-refractivity contribution >= 4 is 17.5 Å². The van der Waals surface area contributed by atoms with Gasteiger partial charge in [0, 0.05) is 0 Å². The van der Waals surface area contributed by atoms with E-state index < -0.39 is 0 Å². The lowest BCUT2D eigenvalue weighted by molar-refractivity contribution is 0.101. The molecule has 6 nitrogen and oxygen atoms in total. The van der Waals surface area contributed by atoms with Crippen LogP contribution in [0.3, 0.4) is 0 Å². The summed E-state index contributed by atoms with van der Waals surface area (Å²) in [5, 5.41) is 0. The first-order valence-corrected chi connectivity index (χ1v) is 6.64. The van der Waals surface area contributed by atoms with E-state index in [-0.39, 0.29) is 29.0 Å². The number of aromatic nitrogens is 2. The number of anilines is 2. The summed E-state index contributed by atoms with van der Waals surface area (Å²) in [6, 6.07) is 0. The van der Waals surface area contributed by atoms with Crippen LogP contribution in [0.2, 0.25) is 0 Å². The van der Waals surface area contributed by atoms with Gasteiger partial charge in [-0.25, -0.2) is 0 Å². The van der Waals surface area contributed by atoms with Crippen molar-refractivity contribution in [2.45, 2.75) is 39.0 Å². The minimum absolute atomic E-state index is 0.0288. The third kappa shape index (κ3) is 3.33. The summed E-state index contributed by atoms with van der Waals surface area (Å²) in [4.78, 5) is 19.3.